The zero-order valence-corrected chi connectivity index (χ0v) is 10.2. The molecule has 4 nitrogen and oxygen atoms in total. The van der Waals surface area contributed by atoms with Gasteiger partial charge in [-0.2, -0.15) is 0 Å². The fourth-order valence-corrected chi connectivity index (χ4v) is 1.43. The van der Waals surface area contributed by atoms with Gasteiger partial charge in [0.05, 0.1) is 11.3 Å². The van der Waals surface area contributed by atoms with Gasteiger partial charge in [-0.1, -0.05) is 6.07 Å². The van der Waals surface area contributed by atoms with Crippen LogP contribution in [0, 0.1) is 6.92 Å². The highest BCUT2D eigenvalue weighted by molar-refractivity contribution is 5.99. The maximum absolute atomic E-state index is 11.9. The summed E-state index contributed by atoms with van der Waals surface area (Å²) in [5.74, 6) is -0.0623. The number of hydrogen-bond donors (Lipinski definition) is 3. The van der Waals surface area contributed by atoms with Gasteiger partial charge in [-0.05, 0) is 38.5 Å². The van der Waals surface area contributed by atoms with E-state index in [1.54, 1.807) is 7.05 Å². The summed E-state index contributed by atoms with van der Waals surface area (Å²) in [6, 6.07) is 5.82. The van der Waals surface area contributed by atoms with E-state index in [0.29, 0.717) is 5.56 Å². The third-order valence-electron chi connectivity index (χ3n) is 2.10. The fourth-order valence-electron chi connectivity index (χ4n) is 1.43. The minimum Gasteiger partial charge on any atom is -0.350 e. The number of carbonyl (C=O) groups is 1. The molecule has 0 aliphatic heterocycles. The third-order valence-corrected chi connectivity index (χ3v) is 2.10. The van der Waals surface area contributed by atoms with Crippen molar-refractivity contribution in [2.24, 2.45) is 0 Å². The van der Waals surface area contributed by atoms with Crippen molar-refractivity contribution in [3.05, 3.63) is 29.3 Å². The van der Waals surface area contributed by atoms with E-state index in [-0.39, 0.29) is 11.9 Å². The van der Waals surface area contributed by atoms with Gasteiger partial charge in [0.1, 0.15) is 0 Å². The van der Waals surface area contributed by atoms with Crippen LogP contribution in [0.3, 0.4) is 0 Å². The number of benzene rings is 1. The summed E-state index contributed by atoms with van der Waals surface area (Å²) in [5, 5.41) is 2.87. The van der Waals surface area contributed by atoms with Crippen molar-refractivity contribution in [2.75, 3.05) is 12.5 Å². The Labute approximate surface area is 96.4 Å². The summed E-state index contributed by atoms with van der Waals surface area (Å²) in [6.45, 7) is 5.87. The van der Waals surface area contributed by atoms with Gasteiger partial charge in [-0.25, -0.2) is 5.43 Å². The molecule has 0 fully saturated rings. The predicted octanol–water partition coefficient (Wildman–Crippen LogP) is 1.68. The van der Waals surface area contributed by atoms with Crippen molar-refractivity contribution >= 4 is 11.6 Å². The van der Waals surface area contributed by atoms with Gasteiger partial charge in [0, 0.05) is 13.1 Å². The van der Waals surface area contributed by atoms with Gasteiger partial charge in [0.25, 0.3) is 5.91 Å². The summed E-state index contributed by atoms with van der Waals surface area (Å²) >= 11 is 0. The van der Waals surface area contributed by atoms with Gasteiger partial charge in [0.2, 0.25) is 0 Å². The molecule has 0 unspecified atom stereocenters. The maximum atomic E-state index is 11.9. The van der Waals surface area contributed by atoms with Crippen LogP contribution in [0.2, 0.25) is 0 Å². The molecule has 0 saturated carbocycles. The molecule has 0 aromatic heterocycles. The van der Waals surface area contributed by atoms with Crippen LogP contribution >= 0.6 is 0 Å². The number of amides is 1. The Hall–Kier alpha value is -1.55. The molecule has 0 atom stereocenters. The van der Waals surface area contributed by atoms with Gasteiger partial charge in [-0.3, -0.25) is 4.79 Å². The zero-order valence-electron chi connectivity index (χ0n) is 10.2. The molecule has 88 valence electrons. The van der Waals surface area contributed by atoms with E-state index in [1.807, 2.05) is 39.0 Å². The molecule has 4 heteroatoms. The second kappa shape index (κ2) is 5.51. The molecule has 3 N–H and O–H groups in total. The molecular weight excluding hydrogens is 202 g/mol. The molecule has 0 heterocycles. The smallest absolute Gasteiger partial charge is 0.253 e. The SMILES string of the molecule is CNNc1cc(C)ccc1C(=O)NC(C)C. The molecule has 0 saturated heterocycles. The molecule has 0 aliphatic rings. The molecule has 1 amide bonds. The molecular formula is C12H19N3O. The van der Waals surface area contributed by atoms with Crippen molar-refractivity contribution in [1.82, 2.24) is 10.7 Å². The van der Waals surface area contributed by atoms with Gasteiger partial charge in [-0.15, -0.1) is 0 Å². The standard InChI is InChI=1S/C12H19N3O/c1-8(2)14-12(16)10-6-5-9(3)7-11(10)15-13-4/h5-8,13,15H,1-4H3,(H,14,16). The average Bonchev–Trinajstić information content (AvgIpc) is 2.17. The summed E-state index contributed by atoms with van der Waals surface area (Å²) < 4.78 is 0. The fraction of sp³-hybridized carbons (Fsp3) is 0.417. The van der Waals surface area contributed by atoms with Crippen LogP contribution in [-0.4, -0.2) is 19.0 Å². The van der Waals surface area contributed by atoms with Crippen LogP contribution in [0.4, 0.5) is 5.69 Å². The van der Waals surface area contributed by atoms with Crippen LogP contribution in [0.1, 0.15) is 29.8 Å². The number of nitrogens with one attached hydrogen (secondary N) is 3. The lowest BCUT2D eigenvalue weighted by Gasteiger charge is -2.13. The predicted molar refractivity (Wildman–Crippen MR) is 66.5 cm³/mol. The highest BCUT2D eigenvalue weighted by Crippen LogP contribution is 2.16. The van der Waals surface area contributed by atoms with E-state index in [0.717, 1.165) is 11.3 Å². The van der Waals surface area contributed by atoms with Crippen LogP contribution < -0.4 is 16.2 Å². The monoisotopic (exact) mass is 221 g/mol. The Balaban J connectivity index is 2.97. The number of hydrogen-bond acceptors (Lipinski definition) is 3. The Morgan fingerprint density at radius 1 is 1.31 bits per heavy atom. The number of hydrazine groups is 1. The zero-order chi connectivity index (χ0) is 12.1. The van der Waals surface area contributed by atoms with Crippen molar-refractivity contribution in [3.63, 3.8) is 0 Å². The summed E-state index contributed by atoms with van der Waals surface area (Å²) in [4.78, 5) is 11.9. The molecule has 1 rings (SSSR count). The van der Waals surface area contributed by atoms with Crippen molar-refractivity contribution in [1.29, 1.82) is 0 Å². The second-order valence-corrected chi connectivity index (χ2v) is 4.05. The van der Waals surface area contributed by atoms with Crippen molar-refractivity contribution < 1.29 is 4.79 Å². The lowest BCUT2D eigenvalue weighted by atomic mass is 10.1. The van der Waals surface area contributed by atoms with Gasteiger partial charge < -0.3 is 10.7 Å². The number of rotatable bonds is 4. The molecule has 0 aliphatic carbocycles. The minimum absolute atomic E-state index is 0.0623. The normalized spacial score (nSPS) is 10.3. The van der Waals surface area contributed by atoms with E-state index in [2.05, 4.69) is 16.2 Å². The van der Waals surface area contributed by atoms with Crippen LogP contribution in [0.25, 0.3) is 0 Å². The molecule has 1 aromatic carbocycles. The molecule has 0 bridgehead atoms. The summed E-state index contributed by atoms with van der Waals surface area (Å²) in [7, 11) is 1.77. The molecule has 0 spiro atoms. The largest absolute Gasteiger partial charge is 0.350 e. The Bertz CT molecular complexity index is 375. The van der Waals surface area contributed by atoms with Crippen LogP contribution in [-0.2, 0) is 0 Å². The highest BCUT2D eigenvalue weighted by Gasteiger charge is 2.11. The first-order valence-electron chi connectivity index (χ1n) is 5.39. The first kappa shape index (κ1) is 12.5. The van der Waals surface area contributed by atoms with Crippen LogP contribution in [0.5, 0.6) is 0 Å². The molecule has 0 radical (unpaired) electrons. The molecule has 1 aromatic rings. The van der Waals surface area contributed by atoms with Crippen LogP contribution in [0.15, 0.2) is 18.2 Å². The lowest BCUT2D eigenvalue weighted by Crippen LogP contribution is -2.31. The minimum atomic E-state index is -0.0623. The number of aryl methyl sites for hydroxylation is 1. The third kappa shape index (κ3) is 3.24. The van der Waals surface area contributed by atoms with E-state index in [4.69, 9.17) is 0 Å². The topological polar surface area (TPSA) is 53.2 Å². The lowest BCUT2D eigenvalue weighted by molar-refractivity contribution is 0.0944. The van der Waals surface area contributed by atoms with E-state index >= 15 is 0 Å². The summed E-state index contributed by atoms with van der Waals surface area (Å²) in [6.07, 6.45) is 0. The van der Waals surface area contributed by atoms with E-state index in [1.165, 1.54) is 0 Å². The Morgan fingerprint density at radius 2 is 2.00 bits per heavy atom. The average molecular weight is 221 g/mol. The van der Waals surface area contributed by atoms with E-state index < -0.39 is 0 Å². The first-order chi connectivity index (χ1) is 7.54. The molecule has 16 heavy (non-hydrogen) atoms. The second-order valence-electron chi connectivity index (χ2n) is 4.05. The number of anilines is 1. The van der Waals surface area contributed by atoms with Gasteiger partial charge in [0.15, 0.2) is 0 Å². The van der Waals surface area contributed by atoms with Crippen molar-refractivity contribution in [3.8, 4) is 0 Å². The quantitative estimate of drug-likeness (QED) is 0.678. The van der Waals surface area contributed by atoms with Gasteiger partial charge >= 0.3 is 0 Å². The van der Waals surface area contributed by atoms with E-state index in [9.17, 15) is 4.79 Å². The highest BCUT2D eigenvalue weighted by atomic mass is 16.1. The maximum Gasteiger partial charge on any atom is 0.253 e. The first-order valence-corrected chi connectivity index (χ1v) is 5.39. The number of carbonyl (C=O) groups excluding carboxylic acids is 1. The Morgan fingerprint density at radius 3 is 2.56 bits per heavy atom. The Kier molecular flexibility index (Phi) is 4.31. The summed E-state index contributed by atoms with van der Waals surface area (Å²) in [5.41, 5.74) is 8.34. The van der Waals surface area contributed by atoms with Crippen molar-refractivity contribution in [2.45, 2.75) is 26.8 Å².